The molecule has 2 atom stereocenters. The van der Waals surface area contributed by atoms with Gasteiger partial charge in [0.25, 0.3) is 5.91 Å². The van der Waals surface area contributed by atoms with Crippen LogP contribution in [0.3, 0.4) is 0 Å². The van der Waals surface area contributed by atoms with Crippen LogP contribution in [0.5, 0.6) is 0 Å². The van der Waals surface area contributed by atoms with Gasteiger partial charge in [0.1, 0.15) is 6.04 Å². The Morgan fingerprint density at radius 3 is 2.42 bits per heavy atom. The molecule has 132 valence electrons. The van der Waals surface area contributed by atoms with E-state index in [0.29, 0.717) is 6.54 Å². The molecule has 3 N–H and O–H groups in total. The highest BCUT2D eigenvalue weighted by atomic mass is 19.4. The van der Waals surface area contributed by atoms with Crippen molar-refractivity contribution >= 4 is 11.8 Å². The molecule has 1 aromatic carbocycles. The van der Waals surface area contributed by atoms with Gasteiger partial charge < -0.3 is 16.0 Å². The maximum absolute atomic E-state index is 13.2. The first-order valence-corrected chi connectivity index (χ1v) is 7.65. The molecular weight excluding hydrogens is 323 g/mol. The van der Waals surface area contributed by atoms with Crippen molar-refractivity contribution < 1.29 is 22.8 Å². The number of carbonyl (C=O) groups excluding carboxylic acids is 2. The molecular formula is C16H20F3N3O2. The zero-order valence-electron chi connectivity index (χ0n) is 13.3. The molecule has 5 nitrogen and oxygen atoms in total. The van der Waals surface area contributed by atoms with Crippen LogP contribution in [0.4, 0.5) is 13.2 Å². The van der Waals surface area contributed by atoms with Gasteiger partial charge in [-0.25, -0.2) is 0 Å². The molecule has 0 bridgehead atoms. The molecule has 1 fully saturated rings. The zero-order valence-corrected chi connectivity index (χ0v) is 13.3. The van der Waals surface area contributed by atoms with Crippen LogP contribution in [-0.2, 0) is 11.3 Å². The van der Waals surface area contributed by atoms with E-state index in [0.717, 1.165) is 10.5 Å². The summed E-state index contributed by atoms with van der Waals surface area (Å²) in [5, 5.41) is 2.61. The Hall–Kier alpha value is -2.09. The molecule has 1 aromatic rings. The van der Waals surface area contributed by atoms with E-state index < -0.39 is 24.2 Å². The third-order valence-electron chi connectivity index (χ3n) is 4.00. The fourth-order valence-corrected chi connectivity index (χ4v) is 2.72. The molecule has 0 spiro atoms. The van der Waals surface area contributed by atoms with Crippen molar-refractivity contribution in [1.29, 1.82) is 0 Å². The molecule has 1 heterocycles. The Balaban J connectivity index is 2.14. The van der Waals surface area contributed by atoms with Crippen LogP contribution in [0.25, 0.3) is 0 Å². The first kappa shape index (κ1) is 18.3. The lowest BCUT2D eigenvalue weighted by Crippen LogP contribution is -2.56. The van der Waals surface area contributed by atoms with Gasteiger partial charge in [0.15, 0.2) is 0 Å². The Morgan fingerprint density at radius 1 is 1.25 bits per heavy atom. The number of carbonyl (C=O) groups is 2. The summed E-state index contributed by atoms with van der Waals surface area (Å²) in [6, 6.07) is 3.89. The fourth-order valence-electron chi connectivity index (χ4n) is 2.72. The van der Waals surface area contributed by atoms with Gasteiger partial charge in [0.2, 0.25) is 5.91 Å². The van der Waals surface area contributed by atoms with Crippen molar-refractivity contribution in [2.75, 3.05) is 6.54 Å². The summed E-state index contributed by atoms with van der Waals surface area (Å²) in [5.74, 6) is -0.871. The number of nitrogens with one attached hydrogen (secondary N) is 1. The molecule has 8 heteroatoms. The van der Waals surface area contributed by atoms with Crippen LogP contribution in [0.1, 0.15) is 35.7 Å². The largest absolute Gasteiger partial charge is 0.408 e. The normalized spacial score (nSPS) is 21.5. The van der Waals surface area contributed by atoms with Crippen LogP contribution < -0.4 is 11.1 Å². The topological polar surface area (TPSA) is 75.4 Å². The molecule has 2 rings (SSSR count). The number of likely N-dealkylation sites (tertiary alicyclic amines) is 1. The number of benzene rings is 1. The van der Waals surface area contributed by atoms with E-state index in [1.54, 1.807) is 12.1 Å². The first-order valence-electron chi connectivity index (χ1n) is 7.65. The summed E-state index contributed by atoms with van der Waals surface area (Å²) >= 11 is 0. The van der Waals surface area contributed by atoms with E-state index in [2.05, 4.69) is 5.32 Å². The number of nitrogens with zero attached hydrogens (tertiary/aromatic N) is 1. The summed E-state index contributed by atoms with van der Waals surface area (Å²) in [6.07, 6.45) is -4.41. The number of alkyl halides is 3. The summed E-state index contributed by atoms with van der Waals surface area (Å²) in [6.45, 7) is 1.56. The van der Waals surface area contributed by atoms with E-state index in [4.69, 9.17) is 5.73 Å². The lowest BCUT2D eigenvalue weighted by molar-refractivity contribution is -0.184. The molecule has 0 aliphatic carbocycles. The van der Waals surface area contributed by atoms with E-state index in [1.165, 1.54) is 19.1 Å². The molecule has 0 aromatic heterocycles. The van der Waals surface area contributed by atoms with Crippen molar-refractivity contribution in [3.05, 3.63) is 35.4 Å². The van der Waals surface area contributed by atoms with Crippen LogP contribution in [0, 0.1) is 0 Å². The van der Waals surface area contributed by atoms with Gasteiger partial charge in [-0.15, -0.1) is 0 Å². The minimum atomic E-state index is -4.47. The Morgan fingerprint density at radius 2 is 1.88 bits per heavy atom. The fraction of sp³-hybridized carbons (Fsp3) is 0.500. The molecule has 1 saturated heterocycles. The van der Waals surface area contributed by atoms with Crippen molar-refractivity contribution in [2.45, 2.75) is 44.6 Å². The third-order valence-corrected chi connectivity index (χ3v) is 4.00. The zero-order chi connectivity index (χ0) is 17.9. The second kappa shape index (κ2) is 7.21. The van der Waals surface area contributed by atoms with Gasteiger partial charge in [-0.2, -0.15) is 13.2 Å². The lowest BCUT2D eigenvalue weighted by atomic mass is 9.97. The van der Waals surface area contributed by atoms with Gasteiger partial charge in [-0.05, 0) is 30.5 Å². The summed E-state index contributed by atoms with van der Waals surface area (Å²) < 4.78 is 39.5. The number of halogens is 3. The molecule has 1 aliphatic heterocycles. The number of piperidine rings is 1. The highest BCUT2D eigenvalue weighted by molar-refractivity contribution is 5.94. The molecule has 0 radical (unpaired) electrons. The predicted molar refractivity (Wildman–Crippen MR) is 82.1 cm³/mol. The Bertz CT molecular complexity index is 602. The standard InChI is InChI=1S/C16H20F3N3O2/c1-10(23)21-8-11-2-4-12(5-3-11)15(24)22-9-13(20)6-7-14(22)16(17,18)19/h2-5,13-14H,6-9,20H2,1H3,(H,21,23). The molecule has 0 saturated carbocycles. The highest BCUT2D eigenvalue weighted by Gasteiger charge is 2.47. The second-order valence-electron chi connectivity index (χ2n) is 5.96. The Kier molecular flexibility index (Phi) is 5.48. The molecule has 2 unspecified atom stereocenters. The average molecular weight is 343 g/mol. The van der Waals surface area contributed by atoms with E-state index in [9.17, 15) is 22.8 Å². The predicted octanol–water partition coefficient (Wildman–Crippen LogP) is 1.82. The molecule has 24 heavy (non-hydrogen) atoms. The van der Waals surface area contributed by atoms with Crippen LogP contribution >= 0.6 is 0 Å². The van der Waals surface area contributed by atoms with Gasteiger partial charge in [0, 0.05) is 31.6 Å². The van der Waals surface area contributed by atoms with Gasteiger partial charge in [0.05, 0.1) is 0 Å². The maximum atomic E-state index is 13.2. The SMILES string of the molecule is CC(=O)NCc1ccc(C(=O)N2CC(N)CCC2C(F)(F)F)cc1. The van der Waals surface area contributed by atoms with E-state index in [1.807, 2.05) is 0 Å². The third kappa shape index (κ3) is 4.47. The summed E-state index contributed by atoms with van der Waals surface area (Å²) in [4.78, 5) is 24.2. The van der Waals surface area contributed by atoms with Gasteiger partial charge >= 0.3 is 6.18 Å². The minimum Gasteiger partial charge on any atom is -0.352 e. The first-order chi connectivity index (χ1) is 11.2. The van der Waals surface area contributed by atoms with Gasteiger partial charge in [-0.3, -0.25) is 9.59 Å². The molecule has 1 aliphatic rings. The monoisotopic (exact) mass is 343 g/mol. The summed E-state index contributed by atoms with van der Waals surface area (Å²) in [5.41, 5.74) is 6.66. The molecule has 2 amide bonds. The number of hydrogen-bond donors (Lipinski definition) is 2. The highest BCUT2D eigenvalue weighted by Crippen LogP contribution is 2.32. The summed E-state index contributed by atoms with van der Waals surface area (Å²) in [7, 11) is 0. The second-order valence-corrected chi connectivity index (χ2v) is 5.96. The van der Waals surface area contributed by atoms with Crippen molar-refractivity contribution in [2.24, 2.45) is 5.73 Å². The number of nitrogens with two attached hydrogens (primary N) is 1. The quantitative estimate of drug-likeness (QED) is 0.879. The minimum absolute atomic E-state index is 0.114. The van der Waals surface area contributed by atoms with Crippen molar-refractivity contribution in [3.63, 3.8) is 0 Å². The van der Waals surface area contributed by atoms with Crippen LogP contribution in [0.2, 0.25) is 0 Å². The maximum Gasteiger partial charge on any atom is 0.408 e. The van der Waals surface area contributed by atoms with Crippen molar-refractivity contribution in [3.8, 4) is 0 Å². The van der Waals surface area contributed by atoms with Crippen molar-refractivity contribution in [1.82, 2.24) is 10.2 Å². The van der Waals surface area contributed by atoms with Gasteiger partial charge in [-0.1, -0.05) is 12.1 Å². The van der Waals surface area contributed by atoms with Crippen LogP contribution in [-0.4, -0.2) is 41.5 Å². The number of rotatable bonds is 3. The number of hydrogen-bond acceptors (Lipinski definition) is 3. The lowest BCUT2D eigenvalue weighted by Gasteiger charge is -2.39. The van der Waals surface area contributed by atoms with E-state index in [-0.39, 0.29) is 30.9 Å². The average Bonchev–Trinajstić information content (AvgIpc) is 2.51. The Labute approximate surface area is 138 Å². The van der Waals surface area contributed by atoms with E-state index >= 15 is 0 Å². The smallest absolute Gasteiger partial charge is 0.352 e. The van der Waals surface area contributed by atoms with Crippen LogP contribution in [0.15, 0.2) is 24.3 Å². The number of amides is 2.